The molecule has 1 N–H and O–H groups in total. The minimum atomic E-state index is -0.920. The van der Waals surface area contributed by atoms with E-state index in [1.54, 1.807) is 14.0 Å². The maximum Gasteiger partial charge on any atom is 0.231 e. The number of carbonyl (C=O) groups excluding carboxylic acids is 1. The van der Waals surface area contributed by atoms with Gasteiger partial charge in [-0.15, -0.1) is 10.2 Å². The summed E-state index contributed by atoms with van der Waals surface area (Å²) in [5.41, 5.74) is 0.854. The highest BCUT2D eigenvalue weighted by atomic mass is 32.2. The maximum absolute atomic E-state index is 12.5. The molecule has 0 spiro atoms. The monoisotopic (exact) mass is 435 g/mol. The zero-order chi connectivity index (χ0) is 22.4. The molecule has 3 aromatic rings. The molecular formula is C23H25N5O2S. The average molecular weight is 436 g/mol. The number of ether oxygens (including phenoxy) is 1. The number of nitrogens with one attached hydrogen (secondary N) is 1. The molecule has 8 heteroatoms. The minimum absolute atomic E-state index is 0.0147. The number of thioether (sulfide) groups is 1. The molecule has 1 atom stereocenters. The van der Waals surface area contributed by atoms with Crippen LogP contribution in [0.4, 0.5) is 0 Å². The van der Waals surface area contributed by atoms with Crippen molar-refractivity contribution in [1.29, 1.82) is 5.26 Å². The zero-order valence-electron chi connectivity index (χ0n) is 18.0. The molecule has 0 bridgehead atoms. The van der Waals surface area contributed by atoms with Crippen molar-refractivity contribution in [3.8, 4) is 28.9 Å². The summed E-state index contributed by atoms with van der Waals surface area (Å²) >= 11 is 1.27. The molecule has 2 aromatic carbocycles. The molecule has 1 heterocycles. The summed E-state index contributed by atoms with van der Waals surface area (Å²) in [6.07, 6.45) is 0. The Morgan fingerprint density at radius 2 is 1.87 bits per heavy atom. The normalized spacial score (nSPS) is 12.8. The van der Waals surface area contributed by atoms with Crippen LogP contribution in [-0.2, 0) is 4.79 Å². The van der Waals surface area contributed by atoms with Gasteiger partial charge in [-0.2, -0.15) is 5.26 Å². The highest BCUT2D eigenvalue weighted by Gasteiger charge is 2.30. The molecule has 1 amide bonds. The predicted octanol–water partition coefficient (Wildman–Crippen LogP) is 4.09. The third-order valence-electron chi connectivity index (χ3n) is 5.11. The first-order valence-corrected chi connectivity index (χ1v) is 10.9. The molecule has 160 valence electrons. The van der Waals surface area contributed by atoms with Gasteiger partial charge in [0.25, 0.3) is 0 Å². The lowest BCUT2D eigenvalue weighted by molar-refractivity contribution is -0.120. The van der Waals surface area contributed by atoms with Gasteiger partial charge in [0, 0.05) is 11.3 Å². The standard InChI is InChI=1S/C23H25N5O2S/c1-16(2)23(3,15-24)25-20(29)14-31-22-27-26-21(17-8-6-5-7-9-17)28(22)18-10-12-19(30-4)13-11-18/h5-13,16H,14H2,1-4H3,(H,25,29). The fourth-order valence-corrected chi connectivity index (χ4v) is 3.61. The number of nitrogens with zero attached hydrogens (tertiary/aromatic N) is 4. The van der Waals surface area contributed by atoms with E-state index in [1.165, 1.54) is 11.8 Å². The lowest BCUT2D eigenvalue weighted by Gasteiger charge is -2.27. The van der Waals surface area contributed by atoms with Crippen LogP contribution >= 0.6 is 11.8 Å². The molecule has 3 rings (SSSR count). The van der Waals surface area contributed by atoms with Gasteiger partial charge in [-0.25, -0.2) is 0 Å². The Kier molecular flexibility index (Phi) is 6.98. The van der Waals surface area contributed by atoms with Gasteiger partial charge in [-0.1, -0.05) is 55.9 Å². The van der Waals surface area contributed by atoms with Crippen molar-refractivity contribution in [2.75, 3.05) is 12.9 Å². The number of amides is 1. The minimum Gasteiger partial charge on any atom is -0.497 e. The molecule has 0 saturated carbocycles. The molecule has 7 nitrogen and oxygen atoms in total. The van der Waals surface area contributed by atoms with Crippen LogP contribution in [0.15, 0.2) is 59.8 Å². The van der Waals surface area contributed by atoms with Gasteiger partial charge in [-0.3, -0.25) is 9.36 Å². The van der Waals surface area contributed by atoms with E-state index in [1.807, 2.05) is 73.0 Å². The SMILES string of the molecule is COc1ccc(-n2c(SCC(=O)NC(C)(C#N)C(C)C)nnc2-c2ccccc2)cc1. The number of carbonyl (C=O) groups is 1. The Morgan fingerprint density at radius 3 is 2.45 bits per heavy atom. The molecule has 0 aliphatic heterocycles. The third-order valence-corrected chi connectivity index (χ3v) is 6.04. The fraction of sp³-hybridized carbons (Fsp3) is 0.304. The Morgan fingerprint density at radius 1 is 1.19 bits per heavy atom. The predicted molar refractivity (Wildman–Crippen MR) is 121 cm³/mol. The number of benzene rings is 2. The van der Waals surface area contributed by atoms with Crippen molar-refractivity contribution in [1.82, 2.24) is 20.1 Å². The first kappa shape index (κ1) is 22.4. The van der Waals surface area contributed by atoms with E-state index in [-0.39, 0.29) is 17.6 Å². The summed E-state index contributed by atoms with van der Waals surface area (Å²) in [6, 6.07) is 19.5. The zero-order valence-corrected chi connectivity index (χ0v) is 18.8. The van der Waals surface area contributed by atoms with E-state index >= 15 is 0 Å². The van der Waals surface area contributed by atoms with Crippen molar-refractivity contribution >= 4 is 17.7 Å². The van der Waals surface area contributed by atoms with Crippen molar-refractivity contribution in [3.63, 3.8) is 0 Å². The Hall–Kier alpha value is -3.31. The van der Waals surface area contributed by atoms with Crippen LogP contribution in [0.3, 0.4) is 0 Å². The molecule has 0 aliphatic rings. The molecule has 31 heavy (non-hydrogen) atoms. The quantitative estimate of drug-likeness (QED) is 0.536. The van der Waals surface area contributed by atoms with Crippen molar-refractivity contribution < 1.29 is 9.53 Å². The Bertz CT molecular complexity index is 1070. The number of methoxy groups -OCH3 is 1. The van der Waals surface area contributed by atoms with Crippen molar-refractivity contribution in [3.05, 3.63) is 54.6 Å². The summed E-state index contributed by atoms with van der Waals surface area (Å²) in [6.45, 7) is 5.54. The molecule has 0 radical (unpaired) electrons. The third kappa shape index (κ3) is 5.06. The number of hydrogen-bond donors (Lipinski definition) is 1. The van der Waals surface area contributed by atoms with Gasteiger partial charge in [0.1, 0.15) is 11.3 Å². The summed E-state index contributed by atoms with van der Waals surface area (Å²) in [5, 5.41) is 21.6. The van der Waals surface area contributed by atoms with Crippen LogP contribution in [0.25, 0.3) is 17.1 Å². The summed E-state index contributed by atoms with van der Waals surface area (Å²) in [4.78, 5) is 12.5. The second kappa shape index (κ2) is 9.67. The smallest absolute Gasteiger partial charge is 0.231 e. The van der Waals surface area contributed by atoms with E-state index in [9.17, 15) is 10.1 Å². The fourth-order valence-electron chi connectivity index (χ4n) is 2.86. The highest BCUT2D eigenvalue weighted by molar-refractivity contribution is 7.99. The second-order valence-corrected chi connectivity index (χ2v) is 8.45. The molecule has 0 aliphatic carbocycles. The van der Waals surface area contributed by atoms with Gasteiger partial charge in [0.05, 0.1) is 18.9 Å². The highest BCUT2D eigenvalue weighted by Crippen LogP contribution is 2.29. The van der Waals surface area contributed by atoms with E-state index in [0.29, 0.717) is 11.0 Å². The summed E-state index contributed by atoms with van der Waals surface area (Å²) < 4.78 is 7.18. The topological polar surface area (TPSA) is 92.8 Å². The van der Waals surface area contributed by atoms with Crippen LogP contribution in [0.1, 0.15) is 20.8 Å². The van der Waals surface area contributed by atoms with Crippen LogP contribution in [-0.4, -0.2) is 39.1 Å². The molecule has 0 fully saturated rings. The number of nitriles is 1. The molecule has 1 aromatic heterocycles. The van der Waals surface area contributed by atoms with Crippen LogP contribution in [0.5, 0.6) is 5.75 Å². The first-order valence-electron chi connectivity index (χ1n) is 9.88. The van der Waals surface area contributed by atoms with Crippen molar-refractivity contribution in [2.45, 2.75) is 31.5 Å². The molecular weight excluding hydrogens is 410 g/mol. The first-order chi connectivity index (χ1) is 14.9. The van der Waals surface area contributed by atoms with Gasteiger partial charge in [-0.05, 0) is 37.1 Å². The van der Waals surface area contributed by atoms with E-state index < -0.39 is 5.54 Å². The van der Waals surface area contributed by atoms with Gasteiger partial charge in [0.2, 0.25) is 5.91 Å². The summed E-state index contributed by atoms with van der Waals surface area (Å²) in [5.74, 6) is 1.30. The van der Waals surface area contributed by atoms with E-state index in [4.69, 9.17) is 4.74 Å². The van der Waals surface area contributed by atoms with Gasteiger partial charge < -0.3 is 10.1 Å². The van der Waals surface area contributed by atoms with E-state index in [0.717, 1.165) is 17.0 Å². The van der Waals surface area contributed by atoms with Crippen LogP contribution in [0.2, 0.25) is 0 Å². The maximum atomic E-state index is 12.5. The Balaban J connectivity index is 1.89. The second-order valence-electron chi connectivity index (χ2n) is 7.51. The van der Waals surface area contributed by atoms with E-state index in [2.05, 4.69) is 21.6 Å². The Labute approximate surface area is 186 Å². The van der Waals surface area contributed by atoms with Crippen LogP contribution < -0.4 is 10.1 Å². The molecule has 0 saturated heterocycles. The molecule has 1 unspecified atom stereocenters. The number of rotatable bonds is 8. The number of aromatic nitrogens is 3. The lowest BCUT2D eigenvalue weighted by atomic mass is 9.90. The summed E-state index contributed by atoms with van der Waals surface area (Å²) in [7, 11) is 1.62. The largest absolute Gasteiger partial charge is 0.497 e. The van der Waals surface area contributed by atoms with Crippen LogP contribution in [0, 0.1) is 17.2 Å². The number of hydrogen-bond acceptors (Lipinski definition) is 6. The van der Waals surface area contributed by atoms with Gasteiger partial charge in [0.15, 0.2) is 11.0 Å². The lowest BCUT2D eigenvalue weighted by Crippen LogP contribution is -2.49. The van der Waals surface area contributed by atoms with Gasteiger partial charge >= 0.3 is 0 Å². The van der Waals surface area contributed by atoms with Crippen molar-refractivity contribution in [2.24, 2.45) is 5.92 Å². The average Bonchev–Trinajstić information content (AvgIpc) is 3.22.